The lowest BCUT2D eigenvalue weighted by Crippen LogP contribution is -2.03. The minimum atomic E-state index is -3.49. The van der Waals surface area contributed by atoms with E-state index in [1.807, 2.05) is 55.5 Å². The molecule has 0 saturated carbocycles. The molecule has 0 spiro atoms. The first-order chi connectivity index (χ1) is 11.5. The zero-order chi connectivity index (χ0) is 17.2. The lowest BCUT2D eigenvalue weighted by molar-refractivity contribution is 0.596. The third-order valence-electron chi connectivity index (χ3n) is 4.23. The Labute approximate surface area is 143 Å². The maximum Gasteiger partial charge on any atom is 0.206 e. The predicted molar refractivity (Wildman–Crippen MR) is 97.9 cm³/mol. The van der Waals surface area contributed by atoms with Crippen molar-refractivity contribution in [3.63, 3.8) is 0 Å². The van der Waals surface area contributed by atoms with Crippen molar-refractivity contribution in [1.82, 2.24) is 0 Å². The second-order valence-corrected chi connectivity index (χ2v) is 7.79. The molecule has 0 aliphatic heterocycles. The summed E-state index contributed by atoms with van der Waals surface area (Å²) < 4.78 is 25.7. The van der Waals surface area contributed by atoms with Gasteiger partial charge in [-0.2, -0.15) is 0 Å². The van der Waals surface area contributed by atoms with Crippen LogP contribution in [0.2, 0.25) is 0 Å². The van der Waals surface area contributed by atoms with Crippen LogP contribution in [0, 0.1) is 6.92 Å². The van der Waals surface area contributed by atoms with Crippen LogP contribution < -0.4 is 0 Å². The van der Waals surface area contributed by atoms with Crippen molar-refractivity contribution in [2.45, 2.75) is 30.1 Å². The maximum absolute atomic E-state index is 12.8. The van der Waals surface area contributed by atoms with Crippen molar-refractivity contribution in [3.05, 3.63) is 83.9 Å². The minimum absolute atomic E-state index is 0.337. The zero-order valence-electron chi connectivity index (χ0n) is 13.9. The lowest BCUT2D eigenvalue weighted by Gasteiger charge is -2.10. The lowest BCUT2D eigenvalue weighted by atomic mass is 10.0. The highest BCUT2D eigenvalue weighted by atomic mass is 32.2. The quantitative estimate of drug-likeness (QED) is 0.667. The molecule has 0 radical (unpaired) electrons. The number of benzene rings is 3. The van der Waals surface area contributed by atoms with Crippen molar-refractivity contribution >= 4 is 9.84 Å². The zero-order valence-corrected chi connectivity index (χ0v) is 14.7. The van der Waals surface area contributed by atoms with E-state index in [4.69, 9.17) is 0 Å². The number of aryl methyl sites for hydroxylation is 2. The van der Waals surface area contributed by atoms with E-state index in [0.29, 0.717) is 9.79 Å². The van der Waals surface area contributed by atoms with Gasteiger partial charge < -0.3 is 0 Å². The van der Waals surface area contributed by atoms with E-state index in [9.17, 15) is 8.42 Å². The molecule has 24 heavy (non-hydrogen) atoms. The van der Waals surface area contributed by atoms with Crippen LogP contribution in [0.4, 0.5) is 0 Å². The fraction of sp³-hybridized carbons (Fsp3) is 0.143. The molecule has 0 saturated heterocycles. The highest BCUT2D eigenvalue weighted by Gasteiger charge is 2.18. The molecule has 0 bridgehead atoms. The van der Waals surface area contributed by atoms with Crippen LogP contribution >= 0.6 is 0 Å². The first-order valence-corrected chi connectivity index (χ1v) is 9.51. The van der Waals surface area contributed by atoms with Gasteiger partial charge in [0.05, 0.1) is 9.79 Å². The molecular weight excluding hydrogens is 316 g/mol. The number of hydrogen-bond donors (Lipinski definition) is 0. The summed E-state index contributed by atoms with van der Waals surface area (Å²) in [5.74, 6) is 0. The van der Waals surface area contributed by atoms with Gasteiger partial charge in [0.2, 0.25) is 9.84 Å². The first kappa shape index (κ1) is 16.5. The van der Waals surface area contributed by atoms with E-state index in [0.717, 1.165) is 28.7 Å². The SMILES string of the molecule is CCc1ccc(S(=O)(=O)c2ccc(-c3ccccc3)c(C)c2)cc1. The fourth-order valence-electron chi connectivity index (χ4n) is 2.79. The van der Waals surface area contributed by atoms with Crippen molar-refractivity contribution in [1.29, 1.82) is 0 Å². The molecule has 0 N–H and O–H groups in total. The van der Waals surface area contributed by atoms with Gasteiger partial charge in [-0.15, -0.1) is 0 Å². The van der Waals surface area contributed by atoms with E-state index < -0.39 is 9.84 Å². The molecule has 3 aromatic carbocycles. The molecule has 3 aromatic rings. The monoisotopic (exact) mass is 336 g/mol. The van der Waals surface area contributed by atoms with Crippen LogP contribution in [0.5, 0.6) is 0 Å². The van der Waals surface area contributed by atoms with Crippen LogP contribution in [0.1, 0.15) is 18.1 Å². The smallest absolute Gasteiger partial charge is 0.206 e. The van der Waals surface area contributed by atoms with E-state index in [1.165, 1.54) is 0 Å². The van der Waals surface area contributed by atoms with Crippen LogP contribution in [0.3, 0.4) is 0 Å². The molecule has 2 nitrogen and oxygen atoms in total. The average molecular weight is 336 g/mol. The summed E-state index contributed by atoms with van der Waals surface area (Å²) in [6.07, 6.45) is 0.894. The molecule has 0 fully saturated rings. The molecule has 122 valence electrons. The average Bonchev–Trinajstić information content (AvgIpc) is 2.62. The summed E-state index contributed by atoms with van der Waals surface area (Å²) in [4.78, 5) is 0.676. The molecule has 0 heterocycles. The number of hydrogen-bond acceptors (Lipinski definition) is 2. The van der Waals surface area contributed by atoms with Gasteiger partial charge in [0.1, 0.15) is 0 Å². The maximum atomic E-state index is 12.8. The second-order valence-electron chi connectivity index (χ2n) is 5.84. The van der Waals surface area contributed by atoms with Gasteiger partial charge in [-0.1, -0.05) is 55.5 Å². The Hall–Kier alpha value is -2.39. The van der Waals surface area contributed by atoms with Crippen LogP contribution in [0.25, 0.3) is 11.1 Å². The van der Waals surface area contributed by atoms with E-state index >= 15 is 0 Å². The minimum Gasteiger partial charge on any atom is -0.219 e. The van der Waals surface area contributed by atoms with Crippen LogP contribution in [-0.2, 0) is 16.3 Å². The van der Waals surface area contributed by atoms with Crippen LogP contribution in [0.15, 0.2) is 82.6 Å². The molecule has 3 heteroatoms. The Morgan fingerprint density at radius 2 is 1.42 bits per heavy atom. The summed E-state index contributed by atoms with van der Waals surface area (Å²) >= 11 is 0. The Kier molecular flexibility index (Phi) is 4.54. The molecule has 0 unspecified atom stereocenters. The van der Waals surface area contributed by atoms with Gasteiger partial charge in [0.15, 0.2) is 0 Å². The predicted octanol–water partition coefficient (Wildman–Crippen LogP) is 5.06. The van der Waals surface area contributed by atoms with E-state index in [1.54, 1.807) is 24.3 Å². The summed E-state index contributed by atoms with van der Waals surface area (Å²) in [5.41, 5.74) is 4.22. The highest BCUT2D eigenvalue weighted by molar-refractivity contribution is 7.91. The largest absolute Gasteiger partial charge is 0.219 e. The van der Waals surface area contributed by atoms with E-state index in [-0.39, 0.29) is 0 Å². The topological polar surface area (TPSA) is 34.1 Å². The Morgan fingerprint density at radius 3 is 2.00 bits per heavy atom. The summed E-state index contributed by atoms with van der Waals surface area (Å²) in [6, 6.07) is 22.4. The van der Waals surface area contributed by atoms with Gasteiger partial charge in [-0.25, -0.2) is 8.42 Å². The summed E-state index contributed by atoms with van der Waals surface area (Å²) in [5, 5.41) is 0. The molecule has 0 aromatic heterocycles. The normalized spacial score (nSPS) is 11.4. The van der Waals surface area contributed by atoms with Crippen molar-refractivity contribution in [3.8, 4) is 11.1 Å². The third-order valence-corrected chi connectivity index (χ3v) is 6.00. The summed E-state index contributed by atoms with van der Waals surface area (Å²) in [6.45, 7) is 4.00. The van der Waals surface area contributed by atoms with Crippen molar-refractivity contribution < 1.29 is 8.42 Å². The number of rotatable bonds is 4. The van der Waals surface area contributed by atoms with Gasteiger partial charge in [-0.3, -0.25) is 0 Å². The van der Waals surface area contributed by atoms with Crippen LogP contribution in [-0.4, -0.2) is 8.42 Å². The Morgan fingerprint density at radius 1 is 0.792 bits per heavy atom. The first-order valence-electron chi connectivity index (χ1n) is 8.02. The van der Waals surface area contributed by atoms with Gasteiger partial charge in [-0.05, 0) is 59.9 Å². The van der Waals surface area contributed by atoms with Gasteiger partial charge in [0.25, 0.3) is 0 Å². The van der Waals surface area contributed by atoms with Gasteiger partial charge in [0, 0.05) is 0 Å². The fourth-order valence-corrected chi connectivity index (χ4v) is 4.13. The molecule has 0 aliphatic carbocycles. The summed E-state index contributed by atoms with van der Waals surface area (Å²) in [7, 11) is -3.49. The second kappa shape index (κ2) is 6.62. The molecule has 0 amide bonds. The van der Waals surface area contributed by atoms with Crippen molar-refractivity contribution in [2.75, 3.05) is 0 Å². The Balaban J connectivity index is 2.01. The number of sulfone groups is 1. The highest BCUT2D eigenvalue weighted by Crippen LogP contribution is 2.28. The standard InChI is InChI=1S/C21H20O2S/c1-3-17-9-11-19(12-10-17)24(22,23)20-13-14-21(16(2)15-20)18-7-5-4-6-8-18/h4-15H,3H2,1-2H3. The van der Waals surface area contributed by atoms with E-state index in [2.05, 4.69) is 6.92 Å². The third kappa shape index (κ3) is 3.13. The van der Waals surface area contributed by atoms with Crippen molar-refractivity contribution in [2.24, 2.45) is 0 Å². The molecular formula is C21H20O2S. The van der Waals surface area contributed by atoms with Gasteiger partial charge >= 0.3 is 0 Å². The molecule has 3 rings (SSSR count). The Bertz CT molecular complexity index is 941. The molecule has 0 atom stereocenters. The molecule has 0 aliphatic rings.